The molecule has 0 saturated carbocycles. The Morgan fingerprint density at radius 3 is 1.83 bits per heavy atom. The van der Waals surface area contributed by atoms with Gasteiger partial charge < -0.3 is 0 Å². The molecule has 0 N–H and O–H groups in total. The van der Waals surface area contributed by atoms with Crippen LogP contribution in [0.1, 0.15) is 60.1 Å². The van der Waals surface area contributed by atoms with Crippen LogP contribution >= 0.6 is 0 Å². The Morgan fingerprint density at radius 2 is 1.23 bits per heavy atom. The van der Waals surface area contributed by atoms with Gasteiger partial charge in [0.1, 0.15) is 0 Å². The highest BCUT2D eigenvalue weighted by atomic mass is 19.2. The number of halogens is 3. The lowest BCUT2D eigenvalue weighted by Crippen LogP contribution is -1.93. The minimum absolute atomic E-state index is 0.0730. The van der Waals surface area contributed by atoms with E-state index in [2.05, 4.69) is 55.7 Å². The Labute approximate surface area is 204 Å². The van der Waals surface area contributed by atoms with Gasteiger partial charge in [-0.25, -0.2) is 13.2 Å². The second kappa shape index (κ2) is 11.0. The van der Waals surface area contributed by atoms with Crippen LogP contribution in [-0.4, -0.2) is 0 Å². The Balaban J connectivity index is 1.70. The van der Waals surface area contributed by atoms with Gasteiger partial charge in [0, 0.05) is 22.3 Å². The highest BCUT2D eigenvalue weighted by Crippen LogP contribution is 2.23. The summed E-state index contributed by atoms with van der Waals surface area (Å²) in [6, 6.07) is 19.9. The van der Waals surface area contributed by atoms with Gasteiger partial charge in [-0.15, -0.1) is 0 Å². The fourth-order valence-electron chi connectivity index (χ4n) is 4.02. The quantitative estimate of drug-likeness (QED) is 0.211. The van der Waals surface area contributed by atoms with Gasteiger partial charge in [-0.1, -0.05) is 80.3 Å². The molecule has 0 unspecified atom stereocenters. The molecular weight excluding hydrogens is 441 g/mol. The third-order valence-corrected chi connectivity index (χ3v) is 5.95. The smallest absolute Gasteiger partial charge is 0.194 e. The zero-order valence-electron chi connectivity index (χ0n) is 19.8. The summed E-state index contributed by atoms with van der Waals surface area (Å²) in [6.45, 7) is 4.34. The second-order valence-corrected chi connectivity index (χ2v) is 8.41. The molecule has 0 nitrogen and oxygen atoms in total. The van der Waals surface area contributed by atoms with Crippen molar-refractivity contribution in [2.75, 3.05) is 0 Å². The SMILES string of the molecule is CCCCc1ccc(C#Cc2ccc(C#Cc3cc(F)c(F)c(F)c3)c3ccccc23)c(CC)c1. The van der Waals surface area contributed by atoms with Crippen molar-refractivity contribution in [1.82, 2.24) is 0 Å². The molecule has 0 amide bonds. The van der Waals surface area contributed by atoms with Crippen LogP contribution in [0.2, 0.25) is 0 Å². The Hall–Kier alpha value is -3.95. The van der Waals surface area contributed by atoms with Crippen molar-refractivity contribution in [1.29, 1.82) is 0 Å². The molecule has 0 aliphatic heterocycles. The maximum atomic E-state index is 13.5. The molecule has 0 aliphatic rings. The van der Waals surface area contributed by atoms with Crippen molar-refractivity contribution >= 4 is 10.8 Å². The van der Waals surface area contributed by atoms with Crippen molar-refractivity contribution in [2.24, 2.45) is 0 Å². The number of fused-ring (bicyclic) bond motifs is 1. The molecule has 0 fully saturated rings. The van der Waals surface area contributed by atoms with E-state index in [1.165, 1.54) is 24.0 Å². The molecule has 0 aromatic heterocycles. The Morgan fingerprint density at radius 1 is 0.657 bits per heavy atom. The van der Waals surface area contributed by atoms with E-state index in [1.807, 2.05) is 36.4 Å². The van der Waals surface area contributed by atoms with Gasteiger partial charge in [-0.3, -0.25) is 0 Å². The summed E-state index contributed by atoms with van der Waals surface area (Å²) in [4.78, 5) is 0. The maximum absolute atomic E-state index is 13.5. The van der Waals surface area contributed by atoms with Crippen LogP contribution < -0.4 is 0 Å². The van der Waals surface area contributed by atoms with Gasteiger partial charge in [-0.2, -0.15) is 0 Å². The van der Waals surface area contributed by atoms with E-state index in [0.717, 1.165) is 46.9 Å². The Bertz CT molecular complexity index is 1480. The molecule has 0 bridgehead atoms. The lowest BCUT2D eigenvalue weighted by Gasteiger charge is -2.06. The van der Waals surface area contributed by atoms with Crippen LogP contribution in [-0.2, 0) is 12.8 Å². The van der Waals surface area contributed by atoms with E-state index >= 15 is 0 Å². The van der Waals surface area contributed by atoms with Crippen molar-refractivity contribution in [2.45, 2.75) is 39.5 Å². The van der Waals surface area contributed by atoms with Crippen molar-refractivity contribution in [3.63, 3.8) is 0 Å². The lowest BCUT2D eigenvalue weighted by molar-refractivity contribution is 0.446. The van der Waals surface area contributed by atoms with E-state index in [0.29, 0.717) is 5.56 Å². The summed E-state index contributed by atoms with van der Waals surface area (Å²) in [7, 11) is 0. The molecule has 0 heterocycles. The molecule has 3 heteroatoms. The predicted molar refractivity (Wildman–Crippen MR) is 137 cm³/mol. The van der Waals surface area contributed by atoms with Crippen LogP contribution in [0, 0.1) is 41.1 Å². The van der Waals surface area contributed by atoms with Crippen LogP contribution in [0.15, 0.2) is 66.7 Å². The van der Waals surface area contributed by atoms with Crippen molar-refractivity contribution < 1.29 is 13.2 Å². The van der Waals surface area contributed by atoms with Gasteiger partial charge in [-0.05, 0) is 71.5 Å². The van der Waals surface area contributed by atoms with Crippen LogP contribution in [0.4, 0.5) is 13.2 Å². The van der Waals surface area contributed by atoms with E-state index < -0.39 is 17.5 Å². The first-order valence-electron chi connectivity index (χ1n) is 11.8. The molecule has 4 aromatic carbocycles. The van der Waals surface area contributed by atoms with Crippen LogP contribution in [0.25, 0.3) is 10.8 Å². The average molecular weight is 467 g/mol. The minimum atomic E-state index is -1.49. The molecule has 0 saturated heterocycles. The lowest BCUT2D eigenvalue weighted by atomic mass is 9.97. The largest absolute Gasteiger partial charge is 0.204 e. The van der Waals surface area contributed by atoms with Crippen molar-refractivity contribution in [3.05, 3.63) is 118 Å². The average Bonchev–Trinajstić information content (AvgIpc) is 2.88. The molecule has 0 atom stereocenters. The van der Waals surface area contributed by atoms with E-state index in [1.54, 1.807) is 0 Å². The third-order valence-electron chi connectivity index (χ3n) is 5.95. The van der Waals surface area contributed by atoms with Crippen LogP contribution in [0.3, 0.4) is 0 Å². The first-order chi connectivity index (χ1) is 17.0. The topological polar surface area (TPSA) is 0 Å². The monoisotopic (exact) mass is 466 g/mol. The van der Waals surface area contributed by atoms with Gasteiger partial charge in [0.05, 0.1) is 0 Å². The van der Waals surface area contributed by atoms with E-state index in [-0.39, 0.29) is 5.56 Å². The number of unbranched alkanes of at least 4 members (excludes halogenated alkanes) is 1. The molecule has 4 rings (SSSR count). The summed E-state index contributed by atoms with van der Waals surface area (Å²) >= 11 is 0. The maximum Gasteiger partial charge on any atom is 0.194 e. The predicted octanol–water partition coefficient (Wildman–Crippen LogP) is 7.96. The number of hydrogen-bond donors (Lipinski definition) is 0. The summed E-state index contributed by atoms with van der Waals surface area (Å²) < 4.78 is 40.3. The Kier molecular flexibility index (Phi) is 7.59. The molecule has 4 aromatic rings. The molecule has 0 radical (unpaired) electrons. The highest BCUT2D eigenvalue weighted by Gasteiger charge is 2.09. The molecule has 0 aliphatic carbocycles. The summed E-state index contributed by atoms with van der Waals surface area (Å²) in [6.07, 6.45) is 4.36. The molecular formula is C32H25F3. The zero-order valence-corrected chi connectivity index (χ0v) is 19.8. The number of benzene rings is 4. The molecule has 0 spiro atoms. The highest BCUT2D eigenvalue weighted by molar-refractivity contribution is 5.93. The van der Waals surface area contributed by atoms with Gasteiger partial charge in [0.2, 0.25) is 0 Å². The number of aryl methyl sites for hydroxylation is 2. The number of hydrogen-bond acceptors (Lipinski definition) is 0. The van der Waals surface area contributed by atoms with Gasteiger partial charge in [0.25, 0.3) is 0 Å². The summed E-state index contributed by atoms with van der Waals surface area (Å²) in [5.74, 6) is 8.37. The van der Waals surface area contributed by atoms with E-state index in [4.69, 9.17) is 0 Å². The fourth-order valence-corrected chi connectivity index (χ4v) is 4.02. The first-order valence-corrected chi connectivity index (χ1v) is 11.8. The van der Waals surface area contributed by atoms with E-state index in [9.17, 15) is 13.2 Å². The fraction of sp³-hybridized carbons (Fsp3) is 0.188. The molecule has 174 valence electrons. The third kappa shape index (κ3) is 5.59. The number of rotatable bonds is 4. The first kappa shape index (κ1) is 24.2. The van der Waals surface area contributed by atoms with Crippen LogP contribution in [0.5, 0.6) is 0 Å². The normalized spacial score (nSPS) is 10.4. The van der Waals surface area contributed by atoms with Crippen molar-refractivity contribution in [3.8, 4) is 23.7 Å². The zero-order chi connectivity index (χ0) is 24.8. The minimum Gasteiger partial charge on any atom is -0.204 e. The molecule has 35 heavy (non-hydrogen) atoms. The van der Waals surface area contributed by atoms with Gasteiger partial charge in [0.15, 0.2) is 17.5 Å². The second-order valence-electron chi connectivity index (χ2n) is 8.41. The summed E-state index contributed by atoms with van der Waals surface area (Å²) in [5.41, 5.74) is 5.28. The summed E-state index contributed by atoms with van der Waals surface area (Å²) in [5, 5.41) is 1.83. The van der Waals surface area contributed by atoms with Gasteiger partial charge >= 0.3 is 0 Å². The standard InChI is InChI=1S/C32H25F3/c1-3-5-8-22-11-13-25(24(4-2)19-22)15-16-27-18-17-26(28-9-6-7-10-29(27)28)14-12-23-20-30(33)32(35)31(34)21-23/h6-7,9-11,13,17-21H,3-5,8H2,1-2H3.